The Hall–Kier alpha value is -1.52. The van der Waals surface area contributed by atoms with Crippen LogP contribution in [-0.4, -0.2) is 35.9 Å². The van der Waals surface area contributed by atoms with Gasteiger partial charge < -0.3 is 10.6 Å². The second-order valence-electron chi connectivity index (χ2n) is 5.49. The van der Waals surface area contributed by atoms with Crippen LogP contribution in [0.25, 0.3) is 0 Å². The molecule has 0 radical (unpaired) electrons. The molecule has 1 heterocycles. The Morgan fingerprint density at radius 2 is 1.86 bits per heavy atom. The molecule has 0 bridgehead atoms. The molecular weight excluding hydrogens is 262 g/mol. The predicted octanol–water partition coefficient (Wildman–Crippen LogP) is 2.64. The molecule has 1 aromatic rings. The largest absolute Gasteiger partial charge is 0.356 e. The summed E-state index contributed by atoms with van der Waals surface area (Å²) in [5.41, 5.74) is 2.32. The lowest BCUT2D eigenvalue weighted by Crippen LogP contribution is -2.38. The molecule has 0 spiro atoms. The second-order valence-corrected chi connectivity index (χ2v) is 5.49. The van der Waals surface area contributed by atoms with E-state index in [4.69, 9.17) is 0 Å². The summed E-state index contributed by atoms with van der Waals surface area (Å²) in [6, 6.07) is 2.12. The zero-order valence-corrected chi connectivity index (χ0v) is 14.1. The van der Waals surface area contributed by atoms with Crippen LogP contribution in [-0.2, 0) is 6.54 Å². The summed E-state index contributed by atoms with van der Waals surface area (Å²) in [6.45, 7) is 9.22. The molecule has 0 aliphatic heterocycles. The van der Waals surface area contributed by atoms with Crippen LogP contribution in [0.3, 0.4) is 0 Å². The molecule has 0 amide bonds. The summed E-state index contributed by atoms with van der Waals surface area (Å²) < 4.78 is 2.07. The van der Waals surface area contributed by atoms with Crippen LogP contribution in [0, 0.1) is 13.8 Å². The Kier molecular flexibility index (Phi) is 8.55. The highest BCUT2D eigenvalue weighted by Crippen LogP contribution is 2.02. The van der Waals surface area contributed by atoms with Gasteiger partial charge in [-0.25, -0.2) is 0 Å². The summed E-state index contributed by atoms with van der Waals surface area (Å²) >= 11 is 0. The van der Waals surface area contributed by atoms with Gasteiger partial charge in [0.25, 0.3) is 0 Å². The monoisotopic (exact) mass is 293 g/mol. The number of aromatic nitrogens is 2. The van der Waals surface area contributed by atoms with Gasteiger partial charge in [-0.15, -0.1) is 0 Å². The number of guanidine groups is 1. The molecular formula is C16H31N5. The van der Waals surface area contributed by atoms with Gasteiger partial charge in [-0.05, 0) is 32.8 Å². The van der Waals surface area contributed by atoms with Crippen molar-refractivity contribution in [3.05, 3.63) is 17.5 Å². The molecule has 0 fully saturated rings. The van der Waals surface area contributed by atoms with E-state index in [1.165, 1.54) is 31.4 Å². The maximum atomic E-state index is 4.47. The lowest BCUT2D eigenvalue weighted by molar-refractivity contribution is 0.554. The number of rotatable bonds is 9. The molecule has 1 aromatic heterocycles. The van der Waals surface area contributed by atoms with Gasteiger partial charge in [-0.2, -0.15) is 5.10 Å². The van der Waals surface area contributed by atoms with Crippen molar-refractivity contribution < 1.29 is 0 Å². The van der Waals surface area contributed by atoms with E-state index < -0.39 is 0 Å². The van der Waals surface area contributed by atoms with E-state index in [2.05, 4.69) is 45.3 Å². The SMILES string of the molecule is CCCCCCNC(=NC)NCCCn1nc(C)cc1C. The minimum absolute atomic E-state index is 0.903. The van der Waals surface area contributed by atoms with Crippen molar-refractivity contribution in [1.82, 2.24) is 20.4 Å². The van der Waals surface area contributed by atoms with Gasteiger partial charge in [-0.3, -0.25) is 9.67 Å². The Morgan fingerprint density at radius 1 is 1.14 bits per heavy atom. The van der Waals surface area contributed by atoms with Crippen molar-refractivity contribution in [2.75, 3.05) is 20.1 Å². The van der Waals surface area contributed by atoms with Gasteiger partial charge in [0.05, 0.1) is 5.69 Å². The summed E-state index contributed by atoms with van der Waals surface area (Å²) in [6.07, 6.45) is 6.13. The van der Waals surface area contributed by atoms with Crippen molar-refractivity contribution in [2.45, 2.75) is 59.4 Å². The minimum Gasteiger partial charge on any atom is -0.356 e. The molecule has 1 rings (SSSR count). The zero-order valence-electron chi connectivity index (χ0n) is 14.1. The average Bonchev–Trinajstić information content (AvgIpc) is 2.79. The minimum atomic E-state index is 0.903. The van der Waals surface area contributed by atoms with Gasteiger partial charge in [0, 0.05) is 32.4 Å². The maximum absolute atomic E-state index is 4.47. The van der Waals surface area contributed by atoms with Gasteiger partial charge in [0.2, 0.25) is 0 Å². The Bertz CT molecular complexity index is 422. The number of unbranched alkanes of at least 4 members (excludes halogenated alkanes) is 3. The van der Waals surface area contributed by atoms with Crippen molar-refractivity contribution in [3.8, 4) is 0 Å². The number of aryl methyl sites for hydroxylation is 3. The van der Waals surface area contributed by atoms with E-state index in [1.807, 2.05) is 14.0 Å². The molecule has 5 heteroatoms. The first-order valence-corrected chi connectivity index (χ1v) is 8.13. The molecule has 2 N–H and O–H groups in total. The standard InChI is InChI=1S/C16H31N5/c1-5-6-7-8-10-18-16(17-4)19-11-9-12-21-15(3)13-14(2)20-21/h13H,5-12H2,1-4H3,(H2,17,18,19). The Balaban J connectivity index is 2.13. The molecule has 0 aliphatic carbocycles. The molecule has 120 valence electrons. The molecule has 0 atom stereocenters. The third-order valence-corrected chi connectivity index (χ3v) is 3.49. The van der Waals surface area contributed by atoms with Gasteiger partial charge >= 0.3 is 0 Å². The van der Waals surface area contributed by atoms with Crippen LogP contribution >= 0.6 is 0 Å². The normalized spacial score (nSPS) is 11.7. The summed E-state index contributed by atoms with van der Waals surface area (Å²) in [5.74, 6) is 0.903. The third-order valence-electron chi connectivity index (χ3n) is 3.49. The fraction of sp³-hybridized carbons (Fsp3) is 0.750. The lowest BCUT2D eigenvalue weighted by atomic mass is 10.2. The highest BCUT2D eigenvalue weighted by atomic mass is 15.3. The summed E-state index contributed by atoms with van der Waals surface area (Å²) in [4.78, 5) is 4.24. The second kappa shape index (κ2) is 10.2. The number of hydrogen-bond donors (Lipinski definition) is 2. The fourth-order valence-corrected chi connectivity index (χ4v) is 2.32. The first-order valence-electron chi connectivity index (χ1n) is 8.13. The highest BCUT2D eigenvalue weighted by molar-refractivity contribution is 5.79. The maximum Gasteiger partial charge on any atom is 0.190 e. The van der Waals surface area contributed by atoms with E-state index in [1.54, 1.807) is 0 Å². The van der Waals surface area contributed by atoms with E-state index in [0.29, 0.717) is 0 Å². The topological polar surface area (TPSA) is 54.2 Å². The zero-order chi connectivity index (χ0) is 15.5. The van der Waals surface area contributed by atoms with Crippen LogP contribution in [0.1, 0.15) is 50.4 Å². The number of hydrogen-bond acceptors (Lipinski definition) is 2. The molecule has 5 nitrogen and oxygen atoms in total. The molecule has 0 saturated carbocycles. The Morgan fingerprint density at radius 3 is 2.43 bits per heavy atom. The molecule has 0 saturated heterocycles. The van der Waals surface area contributed by atoms with Crippen molar-refractivity contribution >= 4 is 5.96 Å². The van der Waals surface area contributed by atoms with Gasteiger partial charge in [0.15, 0.2) is 5.96 Å². The van der Waals surface area contributed by atoms with E-state index >= 15 is 0 Å². The van der Waals surface area contributed by atoms with Gasteiger partial charge in [0.1, 0.15) is 0 Å². The van der Waals surface area contributed by atoms with Crippen LogP contribution in [0.5, 0.6) is 0 Å². The number of nitrogens with one attached hydrogen (secondary N) is 2. The van der Waals surface area contributed by atoms with Crippen LogP contribution in [0.15, 0.2) is 11.1 Å². The summed E-state index contributed by atoms with van der Waals surface area (Å²) in [5, 5.41) is 11.2. The van der Waals surface area contributed by atoms with E-state index in [9.17, 15) is 0 Å². The molecule has 0 aliphatic rings. The third kappa shape index (κ3) is 7.16. The van der Waals surface area contributed by atoms with Crippen molar-refractivity contribution in [1.29, 1.82) is 0 Å². The van der Waals surface area contributed by atoms with Crippen LogP contribution in [0.2, 0.25) is 0 Å². The first kappa shape index (κ1) is 17.5. The summed E-state index contributed by atoms with van der Waals surface area (Å²) in [7, 11) is 1.82. The quantitative estimate of drug-likeness (QED) is 0.418. The highest BCUT2D eigenvalue weighted by Gasteiger charge is 2.01. The number of nitrogens with zero attached hydrogens (tertiary/aromatic N) is 3. The Labute approximate surface area is 129 Å². The molecule has 0 unspecified atom stereocenters. The average molecular weight is 293 g/mol. The van der Waals surface area contributed by atoms with Crippen LogP contribution < -0.4 is 10.6 Å². The first-order chi connectivity index (χ1) is 10.2. The van der Waals surface area contributed by atoms with Gasteiger partial charge in [-0.1, -0.05) is 26.2 Å². The van der Waals surface area contributed by atoms with Crippen molar-refractivity contribution in [3.63, 3.8) is 0 Å². The number of aliphatic imine (C=N–C) groups is 1. The smallest absolute Gasteiger partial charge is 0.190 e. The van der Waals surface area contributed by atoms with Crippen LogP contribution in [0.4, 0.5) is 0 Å². The van der Waals surface area contributed by atoms with Crippen molar-refractivity contribution in [2.24, 2.45) is 4.99 Å². The fourth-order valence-electron chi connectivity index (χ4n) is 2.32. The molecule has 0 aromatic carbocycles. The molecule has 21 heavy (non-hydrogen) atoms. The van der Waals surface area contributed by atoms with E-state index in [0.717, 1.165) is 37.7 Å². The predicted molar refractivity (Wildman–Crippen MR) is 89.8 cm³/mol. The van der Waals surface area contributed by atoms with E-state index in [-0.39, 0.29) is 0 Å². The lowest BCUT2D eigenvalue weighted by Gasteiger charge is -2.12.